The summed E-state index contributed by atoms with van der Waals surface area (Å²) in [5.74, 6) is 1.72. The summed E-state index contributed by atoms with van der Waals surface area (Å²) in [6.45, 7) is 3.89. The first kappa shape index (κ1) is 19.5. The second-order valence-corrected chi connectivity index (χ2v) is 7.05. The molecule has 1 aromatic heterocycles. The maximum atomic E-state index is 12.5. The molecule has 1 heterocycles. The molecule has 30 heavy (non-hydrogen) atoms. The van der Waals surface area contributed by atoms with Crippen LogP contribution in [0.2, 0.25) is 0 Å². The van der Waals surface area contributed by atoms with E-state index in [1.807, 2.05) is 74.5 Å². The Balaban J connectivity index is 1.53. The van der Waals surface area contributed by atoms with Crippen LogP contribution in [0.1, 0.15) is 11.1 Å². The first-order valence-electron chi connectivity index (χ1n) is 9.67. The summed E-state index contributed by atoms with van der Waals surface area (Å²) < 4.78 is 11.1. The van der Waals surface area contributed by atoms with E-state index >= 15 is 0 Å². The van der Waals surface area contributed by atoms with Gasteiger partial charge in [0.2, 0.25) is 0 Å². The number of H-pyrrole nitrogens is 1. The first-order valence-corrected chi connectivity index (χ1v) is 9.67. The van der Waals surface area contributed by atoms with Gasteiger partial charge in [0.1, 0.15) is 17.3 Å². The molecule has 0 bridgehead atoms. The number of nitrogens with zero attached hydrogens (tertiary/aromatic N) is 1. The lowest BCUT2D eigenvalue weighted by molar-refractivity contribution is -0.118. The van der Waals surface area contributed by atoms with Crippen LogP contribution < -0.4 is 14.8 Å². The maximum Gasteiger partial charge on any atom is 0.262 e. The number of benzene rings is 3. The first-order chi connectivity index (χ1) is 14.5. The third-order valence-corrected chi connectivity index (χ3v) is 5.05. The van der Waals surface area contributed by atoms with Crippen LogP contribution in [-0.4, -0.2) is 29.6 Å². The number of methoxy groups -OCH3 is 1. The summed E-state index contributed by atoms with van der Waals surface area (Å²) >= 11 is 0. The number of hydrogen-bond acceptors (Lipinski definition) is 4. The van der Waals surface area contributed by atoms with Crippen LogP contribution in [0.5, 0.6) is 11.5 Å². The number of ether oxygens (including phenoxy) is 2. The van der Waals surface area contributed by atoms with Gasteiger partial charge in [-0.3, -0.25) is 4.79 Å². The Morgan fingerprint density at radius 3 is 2.67 bits per heavy atom. The van der Waals surface area contributed by atoms with E-state index in [-0.39, 0.29) is 12.5 Å². The summed E-state index contributed by atoms with van der Waals surface area (Å²) in [6, 6.07) is 19.2. The number of hydrogen-bond donors (Lipinski definition) is 2. The zero-order chi connectivity index (χ0) is 21.1. The number of para-hydroxylation sites is 2. The molecule has 0 radical (unpaired) electrons. The highest BCUT2D eigenvalue weighted by molar-refractivity contribution is 5.94. The minimum Gasteiger partial charge on any atom is -0.495 e. The van der Waals surface area contributed by atoms with Gasteiger partial charge in [0.05, 0.1) is 23.8 Å². The molecular formula is C24H23N3O3. The molecule has 0 spiro atoms. The van der Waals surface area contributed by atoms with E-state index in [0.717, 1.165) is 33.5 Å². The number of aromatic amines is 1. The molecule has 0 saturated heterocycles. The van der Waals surface area contributed by atoms with E-state index < -0.39 is 0 Å². The lowest BCUT2D eigenvalue weighted by Gasteiger charge is -2.13. The largest absolute Gasteiger partial charge is 0.495 e. The second-order valence-electron chi connectivity index (χ2n) is 7.05. The van der Waals surface area contributed by atoms with Crippen molar-refractivity contribution in [1.29, 1.82) is 0 Å². The summed E-state index contributed by atoms with van der Waals surface area (Å²) in [4.78, 5) is 20.4. The number of carbonyl (C=O) groups is 1. The molecule has 0 unspecified atom stereocenters. The standard InChI is InChI=1S/C24H23N3O3/c1-15-7-6-10-21(16(15)2)30-14-23(28)25-20-13-17(11-12-22(20)29-3)24-26-18-8-4-5-9-19(18)27-24/h4-13H,14H2,1-3H3,(H,25,28)(H,26,27). The number of carbonyl (C=O) groups excluding carboxylic acids is 1. The van der Waals surface area contributed by atoms with Gasteiger partial charge in [-0.1, -0.05) is 24.3 Å². The van der Waals surface area contributed by atoms with Crippen molar-refractivity contribution < 1.29 is 14.3 Å². The van der Waals surface area contributed by atoms with Gasteiger partial charge in [0.15, 0.2) is 6.61 Å². The molecule has 3 aromatic carbocycles. The molecular weight excluding hydrogens is 378 g/mol. The summed E-state index contributed by atoms with van der Waals surface area (Å²) in [5, 5.41) is 2.88. The highest BCUT2D eigenvalue weighted by atomic mass is 16.5. The van der Waals surface area contributed by atoms with Crippen LogP contribution in [0, 0.1) is 13.8 Å². The molecule has 152 valence electrons. The molecule has 0 aliphatic carbocycles. The third kappa shape index (κ3) is 3.98. The highest BCUT2D eigenvalue weighted by Crippen LogP contribution is 2.30. The summed E-state index contributed by atoms with van der Waals surface area (Å²) in [6.07, 6.45) is 0. The Hall–Kier alpha value is -3.80. The molecule has 1 amide bonds. The molecule has 0 atom stereocenters. The lowest BCUT2D eigenvalue weighted by Crippen LogP contribution is -2.20. The molecule has 0 aliphatic heterocycles. The van der Waals surface area contributed by atoms with Crippen molar-refractivity contribution in [1.82, 2.24) is 9.97 Å². The normalized spacial score (nSPS) is 10.8. The van der Waals surface area contributed by atoms with Gasteiger partial charge in [-0.05, 0) is 61.4 Å². The van der Waals surface area contributed by atoms with Crippen molar-refractivity contribution in [3.05, 3.63) is 71.8 Å². The Bertz CT molecular complexity index is 1180. The number of anilines is 1. The molecule has 0 saturated carbocycles. The summed E-state index contributed by atoms with van der Waals surface area (Å²) in [7, 11) is 1.57. The van der Waals surface area contributed by atoms with Crippen molar-refractivity contribution in [3.63, 3.8) is 0 Å². The number of rotatable bonds is 6. The van der Waals surface area contributed by atoms with Crippen molar-refractivity contribution in [2.24, 2.45) is 0 Å². The van der Waals surface area contributed by atoms with Gasteiger partial charge in [-0.2, -0.15) is 0 Å². The van der Waals surface area contributed by atoms with Crippen LogP contribution >= 0.6 is 0 Å². The number of amides is 1. The van der Waals surface area contributed by atoms with Crippen molar-refractivity contribution in [2.75, 3.05) is 19.0 Å². The zero-order valence-electron chi connectivity index (χ0n) is 17.2. The van der Waals surface area contributed by atoms with E-state index in [1.54, 1.807) is 7.11 Å². The number of nitrogens with one attached hydrogen (secondary N) is 2. The van der Waals surface area contributed by atoms with Crippen LogP contribution in [0.15, 0.2) is 60.7 Å². The lowest BCUT2D eigenvalue weighted by atomic mass is 10.1. The zero-order valence-corrected chi connectivity index (χ0v) is 17.2. The van der Waals surface area contributed by atoms with Gasteiger partial charge in [-0.25, -0.2) is 4.98 Å². The molecule has 4 rings (SSSR count). The van der Waals surface area contributed by atoms with Gasteiger partial charge in [0.25, 0.3) is 5.91 Å². The smallest absolute Gasteiger partial charge is 0.262 e. The number of imidazole rings is 1. The van der Waals surface area contributed by atoms with E-state index in [2.05, 4.69) is 15.3 Å². The van der Waals surface area contributed by atoms with Crippen LogP contribution in [-0.2, 0) is 4.79 Å². The van der Waals surface area contributed by atoms with E-state index in [4.69, 9.17) is 9.47 Å². The van der Waals surface area contributed by atoms with Crippen LogP contribution in [0.3, 0.4) is 0 Å². The van der Waals surface area contributed by atoms with Gasteiger partial charge in [0, 0.05) is 5.56 Å². The van der Waals surface area contributed by atoms with E-state index in [1.165, 1.54) is 0 Å². The Labute approximate surface area is 174 Å². The van der Waals surface area contributed by atoms with Gasteiger partial charge in [-0.15, -0.1) is 0 Å². The van der Waals surface area contributed by atoms with E-state index in [0.29, 0.717) is 17.2 Å². The maximum absolute atomic E-state index is 12.5. The van der Waals surface area contributed by atoms with Crippen molar-refractivity contribution in [3.8, 4) is 22.9 Å². The average molecular weight is 401 g/mol. The van der Waals surface area contributed by atoms with Gasteiger partial charge < -0.3 is 19.8 Å². The number of fused-ring (bicyclic) bond motifs is 1. The minimum atomic E-state index is -0.268. The molecule has 0 aliphatic rings. The van der Waals surface area contributed by atoms with Crippen LogP contribution in [0.25, 0.3) is 22.4 Å². The number of aromatic nitrogens is 2. The minimum absolute atomic E-state index is 0.0949. The fourth-order valence-electron chi connectivity index (χ4n) is 3.25. The Kier molecular flexibility index (Phi) is 5.39. The quantitative estimate of drug-likeness (QED) is 0.483. The molecule has 6 nitrogen and oxygen atoms in total. The highest BCUT2D eigenvalue weighted by Gasteiger charge is 2.13. The predicted octanol–water partition coefficient (Wildman–Crippen LogP) is 4.87. The van der Waals surface area contributed by atoms with Crippen molar-refractivity contribution in [2.45, 2.75) is 13.8 Å². The monoisotopic (exact) mass is 401 g/mol. The molecule has 6 heteroatoms. The number of aryl methyl sites for hydroxylation is 1. The second kappa shape index (κ2) is 8.29. The summed E-state index contributed by atoms with van der Waals surface area (Å²) in [5.41, 5.74) is 5.39. The molecule has 4 aromatic rings. The van der Waals surface area contributed by atoms with Crippen LogP contribution in [0.4, 0.5) is 5.69 Å². The van der Waals surface area contributed by atoms with E-state index in [9.17, 15) is 4.79 Å². The Morgan fingerprint density at radius 2 is 1.87 bits per heavy atom. The fourth-order valence-corrected chi connectivity index (χ4v) is 3.25. The van der Waals surface area contributed by atoms with Gasteiger partial charge >= 0.3 is 0 Å². The molecule has 0 fully saturated rings. The SMILES string of the molecule is COc1ccc(-c2nc3ccccc3[nH]2)cc1NC(=O)COc1cccc(C)c1C. The topological polar surface area (TPSA) is 76.2 Å². The molecule has 2 N–H and O–H groups in total. The predicted molar refractivity (Wildman–Crippen MR) is 118 cm³/mol. The third-order valence-electron chi connectivity index (χ3n) is 5.05. The Morgan fingerprint density at radius 1 is 1.03 bits per heavy atom. The van der Waals surface area contributed by atoms with Crippen molar-refractivity contribution >= 4 is 22.6 Å². The fraction of sp³-hybridized carbons (Fsp3) is 0.167. The average Bonchev–Trinajstić information content (AvgIpc) is 3.19.